The number of amides is 1. The predicted molar refractivity (Wildman–Crippen MR) is 81.0 cm³/mol. The van der Waals surface area contributed by atoms with Crippen LogP contribution in [0.15, 0.2) is 23.7 Å². The van der Waals surface area contributed by atoms with Crippen LogP contribution >= 0.6 is 11.3 Å². The van der Waals surface area contributed by atoms with E-state index in [1.165, 1.54) is 29.7 Å². The second-order valence-corrected chi connectivity index (χ2v) is 6.24. The van der Waals surface area contributed by atoms with Crippen LogP contribution in [0.5, 0.6) is 0 Å². The number of nitrogens with zero attached hydrogens (tertiary/aromatic N) is 2. The van der Waals surface area contributed by atoms with Crippen LogP contribution in [0, 0.1) is 12.8 Å². The minimum absolute atomic E-state index is 0.104. The molecule has 7 heteroatoms. The van der Waals surface area contributed by atoms with Gasteiger partial charge < -0.3 is 10.4 Å². The van der Waals surface area contributed by atoms with E-state index in [1.54, 1.807) is 0 Å². The Morgan fingerprint density at radius 3 is 2.82 bits per heavy atom. The number of thiazole rings is 1. The molecule has 114 valence electrons. The van der Waals surface area contributed by atoms with Crippen molar-refractivity contribution in [3.8, 4) is 0 Å². The first-order valence-corrected chi connectivity index (χ1v) is 7.85. The number of rotatable bonds is 5. The van der Waals surface area contributed by atoms with Crippen molar-refractivity contribution in [3.63, 3.8) is 0 Å². The summed E-state index contributed by atoms with van der Waals surface area (Å²) in [5.74, 6) is -1.03. The fraction of sp³-hybridized carbons (Fsp3) is 0.333. The van der Waals surface area contributed by atoms with Crippen LogP contribution in [0.25, 0.3) is 0 Å². The molecule has 22 heavy (non-hydrogen) atoms. The second kappa shape index (κ2) is 5.84. The van der Waals surface area contributed by atoms with Crippen molar-refractivity contribution in [1.82, 2.24) is 15.3 Å². The number of hydrogen-bond donors (Lipinski definition) is 2. The number of aromatic carboxylic acids is 1. The number of aromatic nitrogens is 2. The Balaban J connectivity index is 1.79. The van der Waals surface area contributed by atoms with E-state index in [0.717, 1.165) is 23.5 Å². The number of carboxylic acid groups (broad SMARTS) is 1. The lowest BCUT2D eigenvalue weighted by atomic mass is 10.1. The van der Waals surface area contributed by atoms with Gasteiger partial charge >= 0.3 is 5.97 Å². The molecule has 2 aromatic heterocycles. The maximum Gasteiger partial charge on any atom is 0.354 e. The Kier molecular flexibility index (Phi) is 3.89. The number of carbonyl (C=O) groups is 2. The molecule has 1 aliphatic rings. The van der Waals surface area contributed by atoms with E-state index >= 15 is 0 Å². The average Bonchev–Trinajstić information content (AvgIpc) is 3.26. The van der Waals surface area contributed by atoms with Crippen LogP contribution in [-0.4, -0.2) is 27.0 Å². The molecule has 0 aliphatic heterocycles. The summed E-state index contributed by atoms with van der Waals surface area (Å²) in [4.78, 5) is 31.5. The van der Waals surface area contributed by atoms with Crippen molar-refractivity contribution in [3.05, 3.63) is 45.7 Å². The predicted octanol–water partition coefficient (Wildman–Crippen LogP) is 2.43. The van der Waals surface area contributed by atoms with E-state index in [4.69, 9.17) is 5.11 Å². The number of pyridine rings is 1. The number of carbonyl (C=O) groups excluding carboxylic acids is 1. The van der Waals surface area contributed by atoms with Gasteiger partial charge in [-0.2, -0.15) is 0 Å². The van der Waals surface area contributed by atoms with Crippen LogP contribution in [0.2, 0.25) is 0 Å². The molecule has 1 aliphatic carbocycles. The Hall–Kier alpha value is -2.28. The zero-order valence-corrected chi connectivity index (χ0v) is 12.8. The number of carboxylic acids is 1. The van der Waals surface area contributed by atoms with Gasteiger partial charge in [-0.25, -0.2) is 14.8 Å². The molecular formula is C15H15N3O3S. The summed E-state index contributed by atoms with van der Waals surface area (Å²) in [7, 11) is 0. The zero-order valence-electron chi connectivity index (χ0n) is 11.9. The molecule has 0 saturated heterocycles. The highest BCUT2D eigenvalue weighted by Gasteiger charge is 2.35. The first kappa shape index (κ1) is 14.6. The molecule has 0 bridgehead atoms. The average molecular weight is 317 g/mol. The number of nitrogens with one attached hydrogen (secondary N) is 1. The van der Waals surface area contributed by atoms with Gasteiger partial charge in [0.2, 0.25) is 0 Å². The highest BCUT2D eigenvalue weighted by atomic mass is 32.1. The van der Waals surface area contributed by atoms with Crippen molar-refractivity contribution < 1.29 is 14.7 Å². The van der Waals surface area contributed by atoms with Gasteiger partial charge in [-0.1, -0.05) is 0 Å². The third-order valence-corrected chi connectivity index (χ3v) is 4.57. The third-order valence-electron chi connectivity index (χ3n) is 3.52. The maximum atomic E-state index is 12.4. The smallest absolute Gasteiger partial charge is 0.354 e. The molecule has 1 amide bonds. The SMILES string of the molecule is Cc1csc([C@H](NC(=O)c2ccnc(C(=O)O)c2)C2CC2)n1. The van der Waals surface area contributed by atoms with Crippen molar-refractivity contribution in [2.45, 2.75) is 25.8 Å². The summed E-state index contributed by atoms with van der Waals surface area (Å²) in [5, 5.41) is 14.8. The first-order valence-electron chi connectivity index (χ1n) is 6.97. The van der Waals surface area contributed by atoms with Gasteiger partial charge in [0, 0.05) is 22.8 Å². The molecule has 0 spiro atoms. The molecule has 6 nitrogen and oxygen atoms in total. The molecular weight excluding hydrogens is 302 g/mol. The van der Waals surface area contributed by atoms with Crippen LogP contribution in [0.3, 0.4) is 0 Å². The van der Waals surface area contributed by atoms with Gasteiger partial charge in [0.15, 0.2) is 0 Å². The van der Waals surface area contributed by atoms with Crippen molar-refractivity contribution in [2.75, 3.05) is 0 Å². The lowest BCUT2D eigenvalue weighted by molar-refractivity contribution is 0.0690. The van der Waals surface area contributed by atoms with Crippen molar-refractivity contribution >= 4 is 23.2 Å². The zero-order chi connectivity index (χ0) is 15.7. The number of aryl methyl sites for hydroxylation is 1. The van der Waals surface area contributed by atoms with E-state index in [2.05, 4.69) is 15.3 Å². The van der Waals surface area contributed by atoms with Gasteiger partial charge in [-0.05, 0) is 37.8 Å². The Labute approximate surface area is 131 Å². The van der Waals surface area contributed by atoms with Gasteiger partial charge in [-0.3, -0.25) is 4.79 Å². The highest BCUT2D eigenvalue weighted by Crippen LogP contribution is 2.41. The van der Waals surface area contributed by atoms with Crippen LogP contribution in [0.4, 0.5) is 0 Å². The molecule has 2 N–H and O–H groups in total. The van der Waals surface area contributed by atoms with E-state index in [-0.39, 0.29) is 17.6 Å². The molecule has 1 saturated carbocycles. The standard InChI is InChI=1S/C15H15N3O3S/c1-8-7-22-14(17-8)12(9-2-3-9)18-13(19)10-4-5-16-11(6-10)15(20)21/h4-7,9,12H,2-3H2,1H3,(H,18,19)(H,20,21)/t12-/m1/s1. The summed E-state index contributed by atoms with van der Waals surface area (Å²) >= 11 is 1.54. The molecule has 0 aromatic carbocycles. The minimum atomic E-state index is -1.15. The van der Waals surface area contributed by atoms with Gasteiger partial charge in [0.1, 0.15) is 10.7 Å². The lowest BCUT2D eigenvalue weighted by Gasteiger charge is -2.16. The van der Waals surface area contributed by atoms with E-state index in [1.807, 2.05) is 12.3 Å². The molecule has 1 fully saturated rings. The van der Waals surface area contributed by atoms with E-state index < -0.39 is 5.97 Å². The van der Waals surface area contributed by atoms with Gasteiger partial charge in [0.25, 0.3) is 5.91 Å². The molecule has 0 radical (unpaired) electrons. The Morgan fingerprint density at radius 2 is 2.23 bits per heavy atom. The second-order valence-electron chi connectivity index (χ2n) is 5.35. The summed E-state index contributed by atoms with van der Waals surface area (Å²) in [6.07, 6.45) is 3.47. The van der Waals surface area contributed by atoms with E-state index in [9.17, 15) is 9.59 Å². The maximum absolute atomic E-state index is 12.4. The molecule has 2 aromatic rings. The van der Waals surface area contributed by atoms with Crippen molar-refractivity contribution in [2.24, 2.45) is 5.92 Å². The molecule has 1 atom stereocenters. The Bertz CT molecular complexity index is 724. The first-order chi connectivity index (χ1) is 10.5. The normalized spacial score (nSPS) is 15.3. The topological polar surface area (TPSA) is 92.2 Å². The third kappa shape index (κ3) is 3.14. The van der Waals surface area contributed by atoms with E-state index in [0.29, 0.717) is 11.5 Å². The molecule has 2 heterocycles. The summed E-state index contributed by atoms with van der Waals surface area (Å²) in [6, 6.07) is 2.70. The van der Waals surface area contributed by atoms with Crippen LogP contribution in [-0.2, 0) is 0 Å². The minimum Gasteiger partial charge on any atom is -0.477 e. The van der Waals surface area contributed by atoms with Crippen LogP contribution in [0.1, 0.15) is 50.4 Å². The van der Waals surface area contributed by atoms with Gasteiger partial charge in [0.05, 0.1) is 6.04 Å². The lowest BCUT2D eigenvalue weighted by Crippen LogP contribution is -2.30. The summed E-state index contributed by atoms with van der Waals surface area (Å²) < 4.78 is 0. The quantitative estimate of drug-likeness (QED) is 0.883. The molecule has 0 unspecified atom stereocenters. The van der Waals surface area contributed by atoms with Crippen molar-refractivity contribution in [1.29, 1.82) is 0 Å². The highest BCUT2D eigenvalue weighted by molar-refractivity contribution is 7.09. The number of hydrogen-bond acceptors (Lipinski definition) is 5. The Morgan fingerprint density at radius 1 is 1.45 bits per heavy atom. The van der Waals surface area contributed by atoms with Gasteiger partial charge in [-0.15, -0.1) is 11.3 Å². The fourth-order valence-corrected chi connectivity index (χ4v) is 3.18. The monoisotopic (exact) mass is 317 g/mol. The largest absolute Gasteiger partial charge is 0.477 e. The fourth-order valence-electron chi connectivity index (χ4n) is 2.24. The molecule has 3 rings (SSSR count). The van der Waals surface area contributed by atoms with Crippen LogP contribution < -0.4 is 5.32 Å². The summed E-state index contributed by atoms with van der Waals surface area (Å²) in [5.41, 5.74) is 1.10. The summed E-state index contributed by atoms with van der Waals surface area (Å²) in [6.45, 7) is 1.92.